The van der Waals surface area contributed by atoms with Gasteiger partial charge in [0.2, 0.25) is 0 Å². The maximum atomic E-state index is 11.6. The third-order valence-electron chi connectivity index (χ3n) is 2.25. The van der Waals surface area contributed by atoms with Crippen molar-refractivity contribution in [2.75, 3.05) is 25.2 Å². The van der Waals surface area contributed by atoms with Crippen LogP contribution in [0.5, 0.6) is 0 Å². The van der Waals surface area contributed by atoms with Crippen LogP contribution in [0.2, 0.25) is 0 Å². The minimum Gasteiger partial charge on any atom is -0.480 e. The normalized spacial score (nSPS) is 10.0. The molecule has 0 saturated carbocycles. The molecule has 0 aliphatic carbocycles. The lowest BCUT2D eigenvalue weighted by atomic mass is 10.2. The molecule has 92 valence electrons. The molecule has 0 heterocycles. The van der Waals surface area contributed by atoms with Crippen LogP contribution in [0.25, 0.3) is 0 Å². The monoisotopic (exact) mass is 237 g/mol. The average Bonchev–Trinajstić information content (AvgIpc) is 2.28. The summed E-state index contributed by atoms with van der Waals surface area (Å²) in [5.74, 6) is -1.37. The summed E-state index contributed by atoms with van der Waals surface area (Å²) in [7, 11) is 1.62. The SMILES string of the molecule is Cc1ccc(N(C)C(=O)COCC(=O)O)cc1. The largest absolute Gasteiger partial charge is 0.480 e. The molecule has 0 aromatic heterocycles. The van der Waals surface area contributed by atoms with Crippen LogP contribution in [0.1, 0.15) is 5.56 Å². The number of nitrogens with zero attached hydrogens (tertiary/aromatic N) is 1. The van der Waals surface area contributed by atoms with E-state index in [1.807, 2.05) is 31.2 Å². The number of carbonyl (C=O) groups is 2. The minimum atomic E-state index is -1.09. The van der Waals surface area contributed by atoms with Crippen LogP contribution >= 0.6 is 0 Å². The van der Waals surface area contributed by atoms with E-state index in [-0.39, 0.29) is 12.5 Å². The summed E-state index contributed by atoms with van der Waals surface area (Å²) >= 11 is 0. The molecule has 0 aliphatic heterocycles. The Balaban J connectivity index is 2.51. The van der Waals surface area contributed by atoms with Gasteiger partial charge in [0.15, 0.2) is 0 Å². The fraction of sp³-hybridized carbons (Fsp3) is 0.333. The highest BCUT2D eigenvalue weighted by Gasteiger charge is 2.11. The van der Waals surface area contributed by atoms with Crippen molar-refractivity contribution < 1.29 is 19.4 Å². The van der Waals surface area contributed by atoms with Gasteiger partial charge < -0.3 is 14.7 Å². The van der Waals surface area contributed by atoms with Gasteiger partial charge in [-0.3, -0.25) is 4.79 Å². The molecule has 1 amide bonds. The number of carbonyl (C=O) groups excluding carboxylic acids is 1. The lowest BCUT2D eigenvalue weighted by Crippen LogP contribution is -2.30. The van der Waals surface area contributed by atoms with Crippen molar-refractivity contribution in [3.63, 3.8) is 0 Å². The van der Waals surface area contributed by atoms with Crippen molar-refractivity contribution in [3.05, 3.63) is 29.8 Å². The summed E-state index contributed by atoms with van der Waals surface area (Å²) in [5, 5.41) is 8.36. The van der Waals surface area contributed by atoms with Gasteiger partial charge >= 0.3 is 5.97 Å². The van der Waals surface area contributed by atoms with Crippen LogP contribution in [0, 0.1) is 6.92 Å². The summed E-state index contributed by atoms with van der Waals surface area (Å²) in [6.07, 6.45) is 0. The van der Waals surface area contributed by atoms with Crippen LogP contribution in [-0.4, -0.2) is 37.2 Å². The van der Waals surface area contributed by atoms with Gasteiger partial charge in [0.05, 0.1) is 0 Å². The molecule has 1 rings (SSSR count). The quantitative estimate of drug-likeness (QED) is 0.831. The van der Waals surface area contributed by atoms with E-state index in [4.69, 9.17) is 9.84 Å². The first kappa shape index (κ1) is 13.2. The van der Waals surface area contributed by atoms with Gasteiger partial charge in [-0.25, -0.2) is 4.79 Å². The number of carboxylic acids is 1. The number of likely N-dealkylation sites (N-methyl/N-ethyl adjacent to an activating group) is 1. The number of rotatable bonds is 5. The second kappa shape index (κ2) is 6.00. The van der Waals surface area contributed by atoms with E-state index in [9.17, 15) is 9.59 Å². The van der Waals surface area contributed by atoms with Crippen molar-refractivity contribution in [2.24, 2.45) is 0 Å². The van der Waals surface area contributed by atoms with Gasteiger partial charge in [-0.1, -0.05) is 17.7 Å². The predicted octanol–water partition coefficient (Wildman–Crippen LogP) is 1.06. The second-order valence-corrected chi connectivity index (χ2v) is 3.67. The van der Waals surface area contributed by atoms with Gasteiger partial charge in [0.25, 0.3) is 5.91 Å². The number of hydrogen-bond donors (Lipinski definition) is 1. The third kappa shape index (κ3) is 4.24. The molecular weight excluding hydrogens is 222 g/mol. The maximum absolute atomic E-state index is 11.6. The second-order valence-electron chi connectivity index (χ2n) is 3.67. The van der Waals surface area contributed by atoms with E-state index in [0.717, 1.165) is 11.3 Å². The topological polar surface area (TPSA) is 66.8 Å². The van der Waals surface area contributed by atoms with E-state index in [1.165, 1.54) is 4.90 Å². The highest BCUT2D eigenvalue weighted by Crippen LogP contribution is 2.13. The van der Waals surface area contributed by atoms with Crippen LogP contribution in [0.3, 0.4) is 0 Å². The van der Waals surface area contributed by atoms with Crippen molar-refractivity contribution in [1.29, 1.82) is 0 Å². The van der Waals surface area contributed by atoms with Crippen LogP contribution in [0.4, 0.5) is 5.69 Å². The molecule has 0 spiro atoms. The number of amides is 1. The van der Waals surface area contributed by atoms with Crippen molar-refractivity contribution in [3.8, 4) is 0 Å². The van der Waals surface area contributed by atoms with E-state index < -0.39 is 12.6 Å². The van der Waals surface area contributed by atoms with Crippen molar-refractivity contribution in [2.45, 2.75) is 6.92 Å². The lowest BCUT2D eigenvalue weighted by Gasteiger charge is -2.17. The van der Waals surface area contributed by atoms with E-state index >= 15 is 0 Å². The predicted molar refractivity (Wildman–Crippen MR) is 63.0 cm³/mol. The first-order chi connectivity index (χ1) is 8.00. The highest BCUT2D eigenvalue weighted by atomic mass is 16.5. The Morgan fingerprint density at radius 3 is 2.35 bits per heavy atom. The molecule has 5 heteroatoms. The van der Waals surface area contributed by atoms with Gasteiger partial charge in [0, 0.05) is 12.7 Å². The lowest BCUT2D eigenvalue weighted by molar-refractivity contribution is -0.143. The summed E-state index contributed by atoms with van der Waals surface area (Å²) < 4.78 is 4.73. The summed E-state index contributed by atoms with van der Waals surface area (Å²) in [6, 6.07) is 7.45. The standard InChI is InChI=1S/C12H15NO4/c1-9-3-5-10(6-4-9)13(2)11(14)7-17-8-12(15)16/h3-6H,7-8H2,1-2H3,(H,15,16). The first-order valence-corrected chi connectivity index (χ1v) is 5.13. The molecule has 1 aromatic carbocycles. The first-order valence-electron chi connectivity index (χ1n) is 5.13. The van der Waals surface area contributed by atoms with E-state index in [0.29, 0.717) is 0 Å². The van der Waals surface area contributed by atoms with Gasteiger partial charge in [-0.2, -0.15) is 0 Å². The Morgan fingerprint density at radius 2 is 1.82 bits per heavy atom. The van der Waals surface area contributed by atoms with Crippen LogP contribution in [0.15, 0.2) is 24.3 Å². The Kier molecular flexibility index (Phi) is 4.66. The minimum absolute atomic E-state index is 0.239. The molecular formula is C12H15NO4. The van der Waals surface area contributed by atoms with E-state index in [2.05, 4.69) is 0 Å². The zero-order valence-corrected chi connectivity index (χ0v) is 9.84. The highest BCUT2D eigenvalue weighted by molar-refractivity contribution is 5.93. The number of aryl methyl sites for hydroxylation is 1. The summed E-state index contributed by atoms with van der Waals surface area (Å²) in [4.78, 5) is 23.3. The zero-order chi connectivity index (χ0) is 12.8. The van der Waals surface area contributed by atoms with Crippen LogP contribution in [-0.2, 0) is 14.3 Å². The van der Waals surface area contributed by atoms with E-state index in [1.54, 1.807) is 7.05 Å². The van der Waals surface area contributed by atoms with Gasteiger partial charge in [-0.15, -0.1) is 0 Å². The molecule has 0 fully saturated rings. The van der Waals surface area contributed by atoms with Gasteiger partial charge in [0.1, 0.15) is 13.2 Å². The number of anilines is 1. The molecule has 0 aliphatic rings. The number of carboxylic acid groups (broad SMARTS) is 1. The Bertz CT molecular complexity index is 399. The molecule has 0 radical (unpaired) electrons. The van der Waals surface area contributed by atoms with Gasteiger partial charge in [-0.05, 0) is 19.1 Å². The Hall–Kier alpha value is -1.88. The fourth-order valence-corrected chi connectivity index (χ4v) is 1.23. The Morgan fingerprint density at radius 1 is 1.24 bits per heavy atom. The number of ether oxygens (including phenoxy) is 1. The molecule has 5 nitrogen and oxygen atoms in total. The molecule has 0 saturated heterocycles. The maximum Gasteiger partial charge on any atom is 0.329 e. The van der Waals surface area contributed by atoms with Crippen molar-refractivity contribution in [1.82, 2.24) is 0 Å². The molecule has 1 N–H and O–H groups in total. The molecule has 17 heavy (non-hydrogen) atoms. The fourth-order valence-electron chi connectivity index (χ4n) is 1.23. The smallest absolute Gasteiger partial charge is 0.329 e. The zero-order valence-electron chi connectivity index (χ0n) is 9.84. The molecule has 0 bridgehead atoms. The summed E-state index contributed by atoms with van der Waals surface area (Å²) in [6.45, 7) is 1.26. The number of benzene rings is 1. The van der Waals surface area contributed by atoms with Crippen LogP contribution < -0.4 is 4.90 Å². The Labute approximate surface area is 99.6 Å². The third-order valence-corrected chi connectivity index (χ3v) is 2.25. The molecule has 0 atom stereocenters. The average molecular weight is 237 g/mol. The molecule has 0 unspecified atom stereocenters. The van der Waals surface area contributed by atoms with Crippen molar-refractivity contribution >= 4 is 17.6 Å². The molecule has 1 aromatic rings. The number of aliphatic carboxylic acids is 1. The summed E-state index contributed by atoms with van der Waals surface area (Å²) in [5.41, 5.74) is 1.86. The number of hydrogen-bond acceptors (Lipinski definition) is 3.